The Bertz CT molecular complexity index is 221. The van der Waals surface area contributed by atoms with E-state index in [1.165, 1.54) is 19.3 Å². The maximum Gasteiger partial charge on any atom is 0.206 e. The number of methoxy groups -OCH3 is 1. The van der Waals surface area contributed by atoms with Gasteiger partial charge in [-0.1, -0.05) is 33.1 Å². The Balaban J connectivity index is 4.14. The van der Waals surface area contributed by atoms with Gasteiger partial charge in [0.1, 0.15) is 0 Å². The number of nitrogens with one attached hydrogen (secondary N) is 2. The van der Waals surface area contributed by atoms with Gasteiger partial charge >= 0.3 is 0 Å². The maximum absolute atomic E-state index is 5.46. The third-order valence-corrected chi connectivity index (χ3v) is 2.99. The lowest BCUT2D eigenvalue weighted by molar-refractivity contribution is 0.179. The van der Waals surface area contributed by atoms with Gasteiger partial charge < -0.3 is 10.1 Å². The van der Waals surface area contributed by atoms with E-state index >= 15 is 0 Å². The predicted octanol–water partition coefficient (Wildman–Crippen LogP) is 1.65. The Morgan fingerprint density at radius 2 is 2.11 bits per heavy atom. The van der Waals surface area contributed by atoms with Crippen LogP contribution in [-0.4, -0.2) is 32.3 Å². The number of unbranched alkanes of at least 4 members (excludes halogenated alkanes) is 1. The Labute approximate surface area is 112 Å². The number of nitrogens with zero attached hydrogens (tertiary/aromatic N) is 1. The summed E-state index contributed by atoms with van der Waals surface area (Å²) in [6.45, 7) is 7.92. The molecular formula is C13H30N4O. The number of hydrazine groups is 1. The van der Waals surface area contributed by atoms with Crippen LogP contribution in [0.3, 0.4) is 0 Å². The van der Waals surface area contributed by atoms with Crippen LogP contribution in [0, 0.1) is 5.92 Å². The Morgan fingerprint density at radius 3 is 2.61 bits per heavy atom. The zero-order valence-electron chi connectivity index (χ0n) is 12.3. The smallest absolute Gasteiger partial charge is 0.206 e. The summed E-state index contributed by atoms with van der Waals surface area (Å²) in [5, 5.41) is 3.19. The van der Waals surface area contributed by atoms with E-state index in [9.17, 15) is 0 Å². The molecule has 0 radical (unpaired) electrons. The minimum Gasteiger partial charge on any atom is -0.383 e. The molecule has 0 spiro atoms. The minimum atomic E-state index is 0.195. The summed E-state index contributed by atoms with van der Waals surface area (Å²) in [6, 6.07) is 0.195. The van der Waals surface area contributed by atoms with Crippen molar-refractivity contribution in [2.45, 2.75) is 52.5 Å². The first-order valence-corrected chi connectivity index (χ1v) is 6.94. The second kappa shape index (κ2) is 11.3. The summed E-state index contributed by atoms with van der Waals surface area (Å²) in [5.74, 6) is 6.75. The van der Waals surface area contributed by atoms with Gasteiger partial charge in [-0.3, -0.25) is 10.4 Å². The Hall–Kier alpha value is -0.810. The molecular weight excluding hydrogens is 228 g/mol. The molecule has 2 unspecified atom stereocenters. The lowest BCUT2D eigenvalue weighted by Gasteiger charge is -2.17. The van der Waals surface area contributed by atoms with Crippen molar-refractivity contribution in [1.82, 2.24) is 10.7 Å². The fourth-order valence-corrected chi connectivity index (χ4v) is 1.80. The lowest BCUT2D eigenvalue weighted by atomic mass is 10.00. The predicted molar refractivity (Wildman–Crippen MR) is 77.4 cm³/mol. The molecule has 5 heteroatoms. The molecule has 0 aromatic heterocycles. The molecule has 0 fully saturated rings. The van der Waals surface area contributed by atoms with Crippen molar-refractivity contribution >= 4 is 5.96 Å². The fourth-order valence-electron chi connectivity index (χ4n) is 1.80. The summed E-state index contributed by atoms with van der Waals surface area (Å²) in [6.07, 6.45) is 4.91. The first kappa shape index (κ1) is 17.2. The van der Waals surface area contributed by atoms with Gasteiger partial charge in [-0.15, -0.1) is 0 Å². The van der Waals surface area contributed by atoms with Crippen LogP contribution in [0.15, 0.2) is 4.99 Å². The highest BCUT2D eigenvalue weighted by molar-refractivity contribution is 5.79. The van der Waals surface area contributed by atoms with Gasteiger partial charge in [0.25, 0.3) is 0 Å². The van der Waals surface area contributed by atoms with Gasteiger partial charge in [-0.05, 0) is 19.3 Å². The maximum atomic E-state index is 5.46. The highest BCUT2D eigenvalue weighted by atomic mass is 16.5. The monoisotopic (exact) mass is 258 g/mol. The average molecular weight is 258 g/mol. The second-order valence-corrected chi connectivity index (χ2v) is 4.75. The zero-order chi connectivity index (χ0) is 13.8. The van der Waals surface area contributed by atoms with Crippen molar-refractivity contribution in [2.24, 2.45) is 16.8 Å². The van der Waals surface area contributed by atoms with E-state index < -0.39 is 0 Å². The van der Waals surface area contributed by atoms with Crippen LogP contribution in [0.25, 0.3) is 0 Å². The Morgan fingerprint density at radius 1 is 1.39 bits per heavy atom. The van der Waals surface area contributed by atoms with E-state index in [0.717, 1.165) is 13.0 Å². The summed E-state index contributed by atoms with van der Waals surface area (Å²) in [4.78, 5) is 4.50. The van der Waals surface area contributed by atoms with Crippen LogP contribution in [0.5, 0.6) is 0 Å². The van der Waals surface area contributed by atoms with E-state index in [1.54, 1.807) is 7.11 Å². The van der Waals surface area contributed by atoms with Crippen molar-refractivity contribution in [3.63, 3.8) is 0 Å². The standard InChI is InChI=1S/C13H30N4O/c1-5-7-8-12(6-2)9-15-13(17-14)16-11(3)10-18-4/h11-12H,5-10,14H2,1-4H3,(H2,15,16,17). The number of rotatable bonds is 9. The molecule has 2 atom stereocenters. The third-order valence-electron chi connectivity index (χ3n) is 2.99. The molecule has 0 aliphatic rings. The molecule has 0 aromatic carbocycles. The van der Waals surface area contributed by atoms with Gasteiger partial charge in [-0.25, -0.2) is 5.84 Å². The van der Waals surface area contributed by atoms with Crippen molar-refractivity contribution in [3.8, 4) is 0 Å². The number of hydrogen-bond donors (Lipinski definition) is 3. The van der Waals surface area contributed by atoms with Gasteiger partial charge in [-0.2, -0.15) is 0 Å². The van der Waals surface area contributed by atoms with E-state index in [4.69, 9.17) is 10.6 Å². The average Bonchev–Trinajstić information content (AvgIpc) is 2.37. The van der Waals surface area contributed by atoms with Crippen LogP contribution in [0.1, 0.15) is 46.5 Å². The number of nitrogens with two attached hydrogens (primary N) is 1. The minimum absolute atomic E-state index is 0.195. The van der Waals surface area contributed by atoms with Crippen LogP contribution in [0.4, 0.5) is 0 Å². The Kier molecular flexibility index (Phi) is 10.8. The van der Waals surface area contributed by atoms with Crippen LogP contribution in [-0.2, 0) is 4.74 Å². The van der Waals surface area contributed by atoms with Crippen molar-refractivity contribution in [2.75, 3.05) is 20.3 Å². The molecule has 0 rings (SSSR count). The summed E-state index contributed by atoms with van der Waals surface area (Å²) in [7, 11) is 1.68. The molecule has 18 heavy (non-hydrogen) atoms. The number of ether oxygens (including phenoxy) is 1. The van der Waals surface area contributed by atoms with E-state index in [0.29, 0.717) is 18.5 Å². The molecule has 0 heterocycles. The topological polar surface area (TPSA) is 71.7 Å². The molecule has 0 bridgehead atoms. The second-order valence-electron chi connectivity index (χ2n) is 4.75. The SMILES string of the molecule is CCCCC(CC)CN=C(NN)NC(C)COC. The zero-order valence-corrected chi connectivity index (χ0v) is 12.3. The van der Waals surface area contributed by atoms with E-state index in [1.807, 2.05) is 6.92 Å². The largest absolute Gasteiger partial charge is 0.383 e. The summed E-state index contributed by atoms with van der Waals surface area (Å²) in [5.41, 5.74) is 2.61. The molecule has 5 nitrogen and oxygen atoms in total. The van der Waals surface area contributed by atoms with Crippen molar-refractivity contribution in [3.05, 3.63) is 0 Å². The molecule has 4 N–H and O–H groups in total. The van der Waals surface area contributed by atoms with Crippen molar-refractivity contribution < 1.29 is 4.74 Å². The molecule has 0 saturated carbocycles. The number of guanidine groups is 1. The van der Waals surface area contributed by atoms with E-state index in [-0.39, 0.29) is 6.04 Å². The molecule has 0 aliphatic heterocycles. The first-order chi connectivity index (χ1) is 8.67. The quantitative estimate of drug-likeness (QED) is 0.254. The van der Waals surface area contributed by atoms with Crippen LogP contribution < -0.4 is 16.6 Å². The van der Waals surface area contributed by atoms with Crippen LogP contribution in [0.2, 0.25) is 0 Å². The number of aliphatic imine (C=N–C) groups is 1. The lowest BCUT2D eigenvalue weighted by Crippen LogP contribution is -2.47. The van der Waals surface area contributed by atoms with E-state index in [2.05, 4.69) is 29.6 Å². The van der Waals surface area contributed by atoms with Gasteiger partial charge in [0.05, 0.1) is 6.61 Å². The van der Waals surface area contributed by atoms with Crippen molar-refractivity contribution in [1.29, 1.82) is 0 Å². The highest BCUT2D eigenvalue weighted by Crippen LogP contribution is 2.12. The van der Waals surface area contributed by atoms with Gasteiger partial charge in [0, 0.05) is 19.7 Å². The third kappa shape index (κ3) is 8.31. The summed E-state index contributed by atoms with van der Waals surface area (Å²) >= 11 is 0. The first-order valence-electron chi connectivity index (χ1n) is 6.94. The molecule has 0 aliphatic carbocycles. The molecule has 0 amide bonds. The van der Waals surface area contributed by atoms with Gasteiger partial charge in [0.2, 0.25) is 5.96 Å². The van der Waals surface area contributed by atoms with Gasteiger partial charge in [0.15, 0.2) is 0 Å². The summed E-state index contributed by atoms with van der Waals surface area (Å²) < 4.78 is 5.06. The fraction of sp³-hybridized carbons (Fsp3) is 0.923. The molecule has 0 saturated heterocycles. The molecule has 108 valence electrons. The van der Waals surface area contributed by atoms with Crippen LogP contribution >= 0.6 is 0 Å². The normalized spacial score (nSPS) is 15.3. The highest BCUT2D eigenvalue weighted by Gasteiger charge is 2.07. The molecule has 0 aromatic rings. The number of hydrogen-bond acceptors (Lipinski definition) is 3.